The van der Waals surface area contributed by atoms with Gasteiger partial charge in [0, 0.05) is 12.6 Å². The lowest BCUT2D eigenvalue weighted by atomic mass is 9.93. The minimum absolute atomic E-state index is 0.103. The third kappa shape index (κ3) is 5.50. The molecule has 1 aliphatic rings. The largest absolute Gasteiger partial charge is 0.481 e. The second kappa shape index (κ2) is 8.18. The van der Waals surface area contributed by atoms with Crippen molar-refractivity contribution >= 4 is 5.97 Å². The van der Waals surface area contributed by atoms with Crippen LogP contribution in [0.5, 0.6) is 0 Å². The molecule has 1 saturated carbocycles. The van der Waals surface area contributed by atoms with Gasteiger partial charge in [-0.05, 0) is 36.8 Å². The number of carboxylic acid groups (broad SMARTS) is 1. The average Bonchev–Trinajstić information content (AvgIpc) is 2.75. The van der Waals surface area contributed by atoms with E-state index in [1.807, 2.05) is 24.3 Å². The Morgan fingerprint density at radius 1 is 1.14 bits per heavy atom. The van der Waals surface area contributed by atoms with E-state index in [9.17, 15) is 4.79 Å². The van der Waals surface area contributed by atoms with E-state index < -0.39 is 5.97 Å². The maximum atomic E-state index is 10.7. The van der Waals surface area contributed by atoms with Gasteiger partial charge >= 0.3 is 5.97 Å². The minimum atomic E-state index is -0.775. The van der Waals surface area contributed by atoms with E-state index in [0.717, 1.165) is 18.0 Å². The fourth-order valence-electron chi connectivity index (χ4n) is 3.21. The van der Waals surface area contributed by atoms with Crippen molar-refractivity contribution in [3.8, 4) is 0 Å². The predicted octanol–water partition coefficient (Wildman–Crippen LogP) is 3.76. The second-order valence-electron chi connectivity index (χ2n) is 6.31. The third-order valence-corrected chi connectivity index (χ3v) is 4.61. The SMILES string of the molecule is C[C@H](NCc1ccc(CC(=O)O)cc1)C1CCCCCC1. The molecule has 3 heteroatoms. The number of hydrogen-bond acceptors (Lipinski definition) is 2. The van der Waals surface area contributed by atoms with Crippen molar-refractivity contribution in [2.24, 2.45) is 5.92 Å². The van der Waals surface area contributed by atoms with Gasteiger partial charge in [0.1, 0.15) is 0 Å². The van der Waals surface area contributed by atoms with Crippen LogP contribution in [-0.4, -0.2) is 17.1 Å². The van der Waals surface area contributed by atoms with Gasteiger partial charge in [0.25, 0.3) is 0 Å². The van der Waals surface area contributed by atoms with Crippen molar-refractivity contribution in [2.75, 3.05) is 0 Å². The van der Waals surface area contributed by atoms with Gasteiger partial charge in [-0.1, -0.05) is 49.9 Å². The first kappa shape index (κ1) is 16.0. The molecular formula is C18H27NO2. The summed E-state index contributed by atoms with van der Waals surface area (Å²) in [6, 6.07) is 8.46. The normalized spacial score (nSPS) is 18.1. The Balaban J connectivity index is 1.80. The van der Waals surface area contributed by atoms with Crippen LogP contribution in [0.2, 0.25) is 0 Å². The molecule has 0 saturated heterocycles. The molecule has 0 aromatic heterocycles. The second-order valence-corrected chi connectivity index (χ2v) is 6.31. The lowest BCUT2D eigenvalue weighted by Gasteiger charge is -2.23. The Bertz CT molecular complexity index is 433. The Morgan fingerprint density at radius 3 is 2.29 bits per heavy atom. The quantitative estimate of drug-likeness (QED) is 0.784. The summed E-state index contributed by atoms with van der Waals surface area (Å²) < 4.78 is 0. The Hall–Kier alpha value is -1.35. The molecule has 0 unspecified atom stereocenters. The monoisotopic (exact) mass is 289 g/mol. The fourth-order valence-corrected chi connectivity index (χ4v) is 3.21. The zero-order valence-electron chi connectivity index (χ0n) is 13.0. The third-order valence-electron chi connectivity index (χ3n) is 4.61. The molecule has 2 rings (SSSR count). The predicted molar refractivity (Wildman–Crippen MR) is 85.3 cm³/mol. The van der Waals surface area contributed by atoms with E-state index >= 15 is 0 Å². The molecule has 0 aliphatic heterocycles. The number of nitrogens with one attached hydrogen (secondary N) is 1. The first-order valence-corrected chi connectivity index (χ1v) is 8.18. The Kier molecular flexibility index (Phi) is 6.24. The van der Waals surface area contributed by atoms with Crippen molar-refractivity contribution in [3.63, 3.8) is 0 Å². The maximum absolute atomic E-state index is 10.7. The van der Waals surface area contributed by atoms with Gasteiger partial charge in [-0.15, -0.1) is 0 Å². The van der Waals surface area contributed by atoms with Gasteiger partial charge < -0.3 is 10.4 Å². The fraction of sp³-hybridized carbons (Fsp3) is 0.611. The molecule has 3 nitrogen and oxygen atoms in total. The summed E-state index contributed by atoms with van der Waals surface area (Å²) in [4.78, 5) is 10.7. The van der Waals surface area contributed by atoms with Crippen molar-refractivity contribution < 1.29 is 9.90 Å². The molecule has 1 aromatic rings. The molecule has 0 bridgehead atoms. The van der Waals surface area contributed by atoms with Crippen LogP contribution in [0, 0.1) is 5.92 Å². The molecule has 1 atom stereocenters. The summed E-state index contributed by atoms with van der Waals surface area (Å²) in [5.74, 6) is 0.0293. The highest BCUT2D eigenvalue weighted by molar-refractivity contribution is 5.70. The number of hydrogen-bond donors (Lipinski definition) is 2. The van der Waals surface area contributed by atoms with Crippen molar-refractivity contribution in [1.82, 2.24) is 5.32 Å². The van der Waals surface area contributed by atoms with Crippen LogP contribution >= 0.6 is 0 Å². The van der Waals surface area contributed by atoms with Crippen LogP contribution in [0.3, 0.4) is 0 Å². The van der Waals surface area contributed by atoms with Crippen molar-refractivity contribution in [2.45, 2.75) is 64.5 Å². The molecule has 1 aliphatic carbocycles. The minimum Gasteiger partial charge on any atom is -0.481 e. The molecule has 1 fully saturated rings. The number of rotatable bonds is 6. The summed E-state index contributed by atoms with van der Waals surface area (Å²) in [5.41, 5.74) is 2.09. The van der Waals surface area contributed by atoms with Crippen molar-refractivity contribution in [3.05, 3.63) is 35.4 Å². The molecule has 2 N–H and O–H groups in total. The number of benzene rings is 1. The number of carboxylic acids is 1. The molecule has 21 heavy (non-hydrogen) atoms. The standard InChI is InChI=1S/C18H27NO2/c1-14(17-6-4-2-3-5-7-17)19-13-16-10-8-15(9-11-16)12-18(20)21/h8-11,14,17,19H,2-7,12-13H2,1H3,(H,20,21)/t14-/m0/s1. The summed E-state index contributed by atoms with van der Waals surface area (Å²) in [5, 5.41) is 12.4. The van der Waals surface area contributed by atoms with Crippen LogP contribution in [0.4, 0.5) is 0 Å². The lowest BCUT2D eigenvalue weighted by molar-refractivity contribution is -0.136. The smallest absolute Gasteiger partial charge is 0.307 e. The van der Waals surface area contributed by atoms with Crippen molar-refractivity contribution in [1.29, 1.82) is 0 Å². The first-order valence-electron chi connectivity index (χ1n) is 8.18. The number of carbonyl (C=O) groups is 1. The summed E-state index contributed by atoms with van der Waals surface area (Å²) in [7, 11) is 0. The highest BCUT2D eigenvalue weighted by Gasteiger charge is 2.18. The first-order chi connectivity index (χ1) is 10.1. The van der Waals surface area contributed by atoms with Gasteiger partial charge in [-0.3, -0.25) is 4.79 Å². The maximum Gasteiger partial charge on any atom is 0.307 e. The lowest BCUT2D eigenvalue weighted by Crippen LogP contribution is -2.32. The van der Waals surface area contributed by atoms with Crippen LogP contribution in [0.1, 0.15) is 56.6 Å². The van der Waals surface area contributed by atoms with E-state index in [1.165, 1.54) is 44.1 Å². The van der Waals surface area contributed by atoms with Gasteiger partial charge in [0.2, 0.25) is 0 Å². The summed E-state index contributed by atoms with van der Waals surface area (Å²) in [6.45, 7) is 3.17. The van der Waals surface area contributed by atoms with Gasteiger partial charge in [-0.25, -0.2) is 0 Å². The average molecular weight is 289 g/mol. The molecule has 0 spiro atoms. The molecule has 116 valence electrons. The highest BCUT2D eigenvalue weighted by Crippen LogP contribution is 2.25. The van der Waals surface area contributed by atoms with E-state index in [2.05, 4.69) is 12.2 Å². The summed E-state index contributed by atoms with van der Waals surface area (Å²) >= 11 is 0. The molecular weight excluding hydrogens is 262 g/mol. The topological polar surface area (TPSA) is 49.3 Å². The Labute approximate surface area is 127 Å². The molecule has 0 heterocycles. The zero-order valence-corrected chi connectivity index (χ0v) is 13.0. The van der Waals surface area contributed by atoms with Gasteiger partial charge in [0.15, 0.2) is 0 Å². The van der Waals surface area contributed by atoms with Crippen LogP contribution in [0.15, 0.2) is 24.3 Å². The number of aliphatic carboxylic acids is 1. The van der Waals surface area contributed by atoms with E-state index in [0.29, 0.717) is 6.04 Å². The highest BCUT2D eigenvalue weighted by atomic mass is 16.4. The van der Waals surface area contributed by atoms with Gasteiger partial charge in [-0.2, -0.15) is 0 Å². The van der Waals surface area contributed by atoms with Crippen LogP contribution in [0.25, 0.3) is 0 Å². The Morgan fingerprint density at radius 2 is 1.71 bits per heavy atom. The van der Waals surface area contributed by atoms with Crippen LogP contribution < -0.4 is 5.32 Å². The molecule has 0 radical (unpaired) electrons. The zero-order chi connectivity index (χ0) is 15.1. The van der Waals surface area contributed by atoms with E-state index in [4.69, 9.17) is 5.11 Å². The van der Waals surface area contributed by atoms with E-state index in [1.54, 1.807) is 0 Å². The van der Waals surface area contributed by atoms with Crippen LogP contribution in [-0.2, 0) is 17.8 Å². The molecule has 1 aromatic carbocycles. The molecule has 0 amide bonds. The van der Waals surface area contributed by atoms with E-state index in [-0.39, 0.29) is 6.42 Å². The van der Waals surface area contributed by atoms with Gasteiger partial charge in [0.05, 0.1) is 6.42 Å². The summed E-state index contributed by atoms with van der Waals surface area (Å²) in [6.07, 6.45) is 8.35.